The van der Waals surface area contributed by atoms with Crippen LogP contribution in [0.4, 0.5) is 0 Å². The molecule has 0 saturated carbocycles. The van der Waals surface area contributed by atoms with E-state index < -0.39 is 0 Å². The van der Waals surface area contributed by atoms with Crippen LogP contribution >= 0.6 is 11.3 Å². The fraction of sp³-hybridized carbons (Fsp3) is 0.533. The third kappa shape index (κ3) is 5.91. The average Bonchev–Trinajstić information content (AvgIpc) is 2.84. The Balaban J connectivity index is 2.45. The van der Waals surface area contributed by atoms with E-state index in [4.69, 9.17) is 5.73 Å². The molecular weight excluding hydrogens is 256 g/mol. The normalized spacial score (nSPS) is 9.84. The molecule has 0 atom stereocenters. The molecule has 1 aromatic heterocycles. The van der Waals surface area contributed by atoms with Gasteiger partial charge in [0, 0.05) is 29.3 Å². The van der Waals surface area contributed by atoms with E-state index in [-0.39, 0.29) is 5.91 Å². The van der Waals surface area contributed by atoms with Gasteiger partial charge in [-0.25, -0.2) is 0 Å². The van der Waals surface area contributed by atoms with Gasteiger partial charge in [-0.3, -0.25) is 4.79 Å². The lowest BCUT2D eigenvalue weighted by Gasteiger charge is -2.15. The summed E-state index contributed by atoms with van der Waals surface area (Å²) in [4.78, 5) is 14.8. The van der Waals surface area contributed by atoms with Crippen molar-refractivity contribution < 1.29 is 4.79 Å². The number of hydrogen-bond acceptors (Lipinski definition) is 3. The van der Waals surface area contributed by atoms with Crippen molar-refractivity contribution in [3.05, 3.63) is 21.9 Å². The van der Waals surface area contributed by atoms with Crippen molar-refractivity contribution in [3.8, 4) is 11.8 Å². The zero-order valence-corrected chi connectivity index (χ0v) is 12.6. The molecule has 0 saturated heterocycles. The van der Waals surface area contributed by atoms with Crippen molar-refractivity contribution in [1.82, 2.24) is 4.90 Å². The molecule has 0 spiro atoms. The second kappa shape index (κ2) is 8.73. The highest BCUT2D eigenvalue weighted by Crippen LogP contribution is 2.16. The minimum atomic E-state index is 0.219. The molecule has 0 aliphatic rings. The summed E-state index contributed by atoms with van der Waals surface area (Å²) < 4.78 is 0. The molecule has 4 heteroatoms. The quantitative estimate of drug-likeness (QED) is 0.642. The first-order valence-electron chi connectivity index (χ1n) is 6.67. The van der Waals surface area contributed by atoms with Crippen LogP contribution in [0.25, 0.3) is 0 Å². The number of unbranched alkanes of at least 4 members (excludes halogenated alkanes) is 2. The first-order chi connectivity index (χ1) is 9.17. The summed E-state index contributed by atoms with van der Waals surface area (Å²) in [6, 6.07) is 2.03. The van der Waals surface area contributed by atoms with Gasteiger partial charge < -0.3 is 10.6 Å². The molecule has 0 fully saturated rings. The van der Waals surface area contributed by atoms with Gasteiger partial charge in [-0.05, 0) is 12.5 Å². The second-order valence-electron chi connectivity index (χ2n) is 4.51. The minimum Gasteiger partial charge on any atom is -0.341 e. The van der Waals surface area contributed by atoms with Crippen LogP contribution in [0.15, 0.2) is 11.4 Å². The summed E-state index contributed by atoms with van der Waals surface area (Å²) in [5.74, 6) is 6.05. The summed E-state index contributed by atoms with van der Waals surface area (Å²) in [6.07, 6.45) is 3.90. The number of thiophene rings is 1. The lowest BCUT2D eigenvalue weighted by atomic mass is 10.2. The minimum absolute atomic E-state index is 0.219. The molecule has 2 N–H and O–H groups in total. The standard InChI is InChI=1S/C15H22N2OS/c1-3-4-5-8-15(18)17(2)11-14-10-13(12-19-14)7-6-9-16/h10,12H,3-5,8-9,11,16H2,1-2H3. The van der Waals surface area contributed by atoms with Crippen LogP contribution in [-0.4, -0.2) is 24.4 Å². The van der Waals surface area contributed by atoms with Gasteiger partial charge in [0.1, 0.15) is 0 Å². The third-order valence-electron chi connectivity index (χ3n) is 2.80. The Hall–Kier alpha value is -1.31. The SMILES string of the molecule is CCCCCC(=O)N(C)Cc1cc(C#CCN)cs1. The summed E-state index contributed by atoms with van der Waals surface area (Å²) in [6.45, 7) is 3.19. The molecule has 0 aliphatic heterocycles. The van der Waals surface area contributed by atoms with E-state index in [0.717, 1.165) is 29.7 Å². The number of carbonyl (C=O) groups excluding carboxylic acids is 1. The molecule has 0 bridgehead atoms. The lowest BCUT2D eigenvalue weighted by Crippen LogP contribution is -2.25. The molecule has 1 heterocycles. The van der Waals surface area contributed by atoms with Crippen molar-refractivity contribution in [3.63, 3.8) is 0 Å². The summed E-state index contributed by atoms with van der Waals surface area (Å²) in [7, 11) is 1.86. The summed E-state index contributed by atoms with van der Waals surface area (Å²) in [5, 5.41) is 2.01. The topological polar surface area (TPSA) is 46.3 Å². The maximum atomic E-state index is 11.9. The van der Waals surface area contributed by atoms with E-state index in [9.17, 15) is 4.79 Å². The highest BCUT2D eigenvalue weighted by Gasteiger charge is 2.09. The van der Waals surface area contributed by atoms with Crippen molar-refractivity contribution in [1.29, 1.82) is 0 Å². The van der Waals surface area contributed by atoms with Crippen molar-refractivity contribution >= 4 is 17.2 Å². The van der Waals surface area contributed by atoms with Crippen LogP contribution < -0.4 is 5.73 Å². The smallest absolute Gasteiger partial charge is 0.222 e. The predicted octanol–water partition coefficient (Wildman–Crippen LogP) is 2.60. The van der Waals surface area contributed by atoms with Gasteiger partial charge in [-0.15, -0.1) is 11.3 Å². The molecule has 3 nitrogen and oxygen atoms in total. The Kier molecular flexibility index (Phi) is 7.24. The van der Waals surface area contributed by atoms with Crippen LogP contribution in [0, 0.1) is 11.8 Å². The number of nitrogens with zero attached hydrogens (tertiary/aromatic N) is 1. The zero-order valence-electron chi connectivity index (χ0n) is 11.7. The maximum absolute atomic E-state index is 11.9. The van der Waals surface area contributed by atoms with Gasteiger partial charge in [0.15, 0.2) is 0 Å². The Bertz CT molecular complexity index is 456. The molecule has 0 aromatic carbocycles. The Morgan fingerprint density at radius 3 is 2.95 bits per heavy atom. The molecular formula is C15H22N2OS. The van der Waals surface area contributed by atoms with Crippen molar-refractivity contribution in [2.45, 2.75) is 39.2 Å². The van der Waals surface area contributed by atoms with E-state index in [1.807, 2.05) is 18.5 Å². The predicted molar refractivity (Wildman–Crippen MR) is 80.9 cm³/mol. The number of rotatable bonds is 6. The number of carbonyl (C=O) groups is 1. The lowest BCUT2D eigenvalue weighted by molar-refractivity contribution is -0.130. The van der Waals surface area contributed by atoms with Crippen LogP contribution in [0.1, 0.15) is 43.0 Å². The molecule has 0 aliphatic carbocycles. The van der Waals surface area contributed by atoms with Gasteiger partial charge in [0.05, 0.1) is 13.1 Å². The fourth-order valence-electron chi connectivity index (χ4n) is 1.72. The van der Waals surface area contributed by atoms with E-state index >= 15 is 0 Å². The fourth-order valence-corrected chi connectivity index (χ4v) is 2.59. The molecule has 0 unspecified atom stereocenters. The van der Waals surface area contributed by atoms with Gasteiger partial charge in [-0.2, -0.15) is 0 Å². The zero-order chi connectivity index (χ0) is 14.1. The molecule has 104 valence electrons. The number of nitrogens with two attached hydrogens (primary N) is 1. The molecule has 19 heavy (non-hydrogen) atoms. The molecule has 1 aromatic rings. The Morgan fingerprint density at radius 1 is 1.47 bits per heavy atom. The Morgan fingerprint density at radius 2 is 2.26 bits per heavy atom. The van der Waals surface area contributed by atoms with Gasteiger partial charge in [0.2, 0.25) is 5.91 Å². The maximum Gasteiger partial charge on any atom is 0.222 e. The largest absolute Gasteiger partial charge is 0.341 e. The molecule has 1 amide bonds. The molecule has 1 rings (SSSR count). The van der Waals surface area contributed by atoms with Crippen LogP contribution in [0.3, 0.4) is 0 Å². The van der Waals surface area contributed by atoms with Crippen LogP contribution in [-0.2, 0) is 11.3 Å². The molecule has 0 radical (unpaired) electrons. The number of amides is 1. The van der Waals surface area contributed by atoms with E-state index in [1.54, 1.807) is 16.2 Å². The van der Waals surface area contributed by atoms with E-state index in [1.165, 1.54) is 0 Å². The van der Waals surface area contributed by atoms with Crippen molar-refractivity contribution in [2.75, 3.05) is 13.6 Å². The van der Waals surface area contributed by atoms with Gasteiger partial charge in [0.25, 0.3) is 0 Å². The third-order valence-corrected chi connectivity index (χ3v) is 3.72. The van der Waals surface area contributed by atoms with Gasteiger partial charge >= 0.3 is 0 Å². The first kappa shape index (κ1) is 15.7. The monoisotopic (exact) mass is 278 g/mol. The van der Waals surface area contributed by atoms with E-state index in [0.29, 0.717) is 19.5 Å². The van der Waals surface area contributed by atoms with E-state index in [2.05, 4.69) is 18.8 Å². The first-order valence-corrected chi connectivity index (χ1v) is 7.55. The highest BCUT2D eigenvalue weighted by atomic mass is 32.1. The summed E-state index contributed by atoms with van der Waals surface area (Å²) in [5.41, 5.74) is 6.32. The van der Waals surface area contributed by atoms with Crippen LogP contribution in [0.2, 0.25) is 0 Å². The van der Waals surface area contributed by atoms with Crippen molar-refractivity contribution in [2.24, 2.45) is 5.73 Å². The average molecular weight is 278 g/mol. The Labute approximate surface area is 119 Å². The summed E-state index contributed by atoms with van der Waals surface area (Å²) >= 11 is 1.64. The number of hydrogen-bond donors (Lipinski definition) is 1. The van der Waals surface area contributed by atoms with Gasteiger partial charge in [-0.1, -0.05) is 31.6 Å². The highest BCUT2D eigenvalue weighted by molar-refractivity contribution is 7.10. The second-order valence-corrected chi connectivity index (χ2v) is 5.51. The van der Waals surface area contributed by atoms with Crippen LogP contribution in [0.5, 0.6) is 0 Å².